The van der Waals surface area contributed by atoms with Gasteiger partial charge in [-0.05, 0) is 55.1 Å². The highest BCUT2D eigenvalue weighted by Crippen LogP contribution is 2.34. The first-order chi connectivity index (χ1) is 17.9. The van der Waals surface area contributed by atoms with Crippen molar-refractivity contribution < 1.29 is 14.6 Å². The number of aliphatic hydroxyl groups excluding tert-OH is 1. The number of amidine groups is 2. The molecule has 9 nitrogen and oxygen atoms in total. The molecule has 190 valence electrons. The zero-order valence-electron chi connectivity index (χ0n) is 20.8. The number of carbonyl (C=O) groups excluding carboxylic acids is 1. The Kier molecular flexibility index (Phi) is 6.64. The van der Waals surface area contributed by atoms with E-state index in [9.17, 15) is 9.90 Å². The summed E-state index contributed by atoms with van der Waals surface area (Å²) in [5.74, 6) is 0.440. The third-order valence-electron chi connectivity index (χ3n) is 6.98. The van der Waals surface area contributed by atoms with Gasteiger partial charge in [-0.1, -0.05) is 30.3 Å². The molecule has 0 bridgehead atoms. The minimum atomic E-state index is -1.32. The van der Waals surface area contributed by atoms with Crippen molar-refractivity contribution in [1.29, 1.82) is 10.8 Å². The number of carbonyl (C=O) groups is 1. The van der Waals surface area contributed by atoms with Crippen LogP contribution in [0.2, 0.25) is 0 Å². The van der Waals surface area contributed by atoms with Crippen molar-refractivity contribution in [3.8, 4) is 5.75 Å². The van der Waals surface area contributed by atoms with Crippen LogP contribution >= 0.6 is 0 Å². The second kappa shape index (κ2) is 10.0. The van der Waals surface area contributed by atoms with Gasteiger partial charge < -0.3 is 20.1 Å². The second-order valence-electron chi connectivity index (χ2n) is 9.23. The molecule has 2 heterocycles. The number of methoxy groups -OCH3 is 1. The Labute approximate surface area is 215 Å². The van der Waals surface area contributed by atoms with Gasteiger partial charge in [0.15, 0.2) is 12.1 Å². The Morgan fingerprint density at radius 2 is 1.73 bits per heavy atom. The lowest BCUT2D eigenvalue weighted by molar-refractivity contribution is 0.0546. The van der Waals surface area contributed by atoms with E-state index in [1.54, 1.807) is 49.6 Å². The summed E-state index contributed by atoms with van der Waals surface area (Å²) in [5.41, 5.74) is 3.23. The first kappa shape index (κ1) is 24.5. The Balaban J connectivity index is 1.41. The van der Waals surface area contributed by atoms with Crippen LogP contribution in [0.1, 0.15) is 27.5 Å². The predicted molar refractivity (Wildman–Crippen MR) is 144 cm³/mol. The molecule has 2 aliphatic rings. The third kappa shape index (κ3) is 4.66. The number of aliphatic hydroxyl groups is 1. The van der Waals surface area contributed by atoms with Crippen LogP contribution < -0.4 is 15.0 Å². The number of ether oxygens (including phenoxy) is 1. The summed E-state index contributed by atoms with van der Waals surface area (Å²) in [7, 11) is 3.65. The van der Waals surface area contributed by atoms with Crippen LogP contribution in [0.4, 0.5) is 11.4 Å². The Hall–Kier alpha value is -4.21. The zero-order chi connectivity index (χ0) is 26.1. The molecule has 3 aromatic rings. The first-order valence-corrected chi connectivity index (χ1v) is 12.1. The molecule has 37 heavy (non-hydrogen) atoms. The number of likely N-dealkylation sites (N-methyl/N-ethyl adjacent to an activating group) is 1. The number of anilines is 2. The number of amides is 1. The molecule has 4 N–H and O–H groups in total. The average Bonchev–Trinajstić information content (AvgIpc) is 2.93. The molecule has 0 radical (unpaired) electrons. The lowest BCUT2D eigenvalue weighted by Crippen LogP contribution is -2.50. The maximum atomic E-state index is 13.5. The summed E-state index contributed by atoms with van der Waals surface area (Å²) in [6.45, 7) is 1.95. The molecule has 9 heteroatoms. The van der Waals surface area contributed by atoms with Crippen LogP contribution in [-0.2, 0) is 0 Å². The van der Waals surface area contributed by atoms with Gasteiger partial charge in [-0.3, -0.25) is 25.4 Å². The topological polar surface area (TPSA) is 116 Å². The van der Waals surface area contributed by atoms with Gasteiger partial charge in [-0.25, -0.2) is 0 Å². The van der Waals surface area contributed by atoms with Crippen molar-refractivity contribution in [2.75, 3.05) is 44.0 Å². The Bertz CT molecular complexity index is 1330. The fourth-order valence-electron chi connectivity index (χ4n) is 4.84. The van der Waals surface area contributed by atoms with E-state index < -0.39 is 6.23 Å². The monoisotopic (exact) mass is 498 g/mol. The molecule has 2 atom stereocenters. The predicted octanol–water partition coefficient (Wildman–Crippen LogP) is 3.38. The average molecular weight is 499 g/mol. The van der Waals surface area contributed by atoms with E-state index in [0.717, 1.165) is 6.54 Å². The first-order valence-electron chi connectivity index (χ1n) is 12.1. The highest BCUT2D eigenvalue weighted by atomic mass is 16.5. The number of hydrogen-bond donors (Lipinski definition) is 4. The molecule has 0 aromatic heterocycles. The largest absolute Gasteiger partial charge is 0.497 e. The van der Waals surface area contributed by atoms with Gasteiger partial charge in [0.05, 0.1) is 24.5 Å². The summed E-state index contributed by atoms with van der Waals surface area (Å²) in [6.07, 6.45) is -1.32. The van der Waals surface area contributed by atoms with Crippen molar-refractivity contribution in [2.45, 2.75) is 12.3 Å². The molecule has 1 fully saturated rings. The van der Waals surface area contributed by atoms with E-state index in [4.69, 9.17) is 15.6 Å². The summed E-state index contributed by atoms with van der Waals surface area (Å²) >= 11 is 0. The summed E-state index contributed by atoms with van der Waals surface area (Å²) in [6, 6.07) is 22.4. The lowest BCUT2D eigenvalue weighted by Gasteiger charge is -2.40. The minimum Gasteiger partial charge on any atom is -0.497 e. The zero-order valence-corrected chi connectivity index (χ0v) is 20.8. The number of benzene rings is 3. The van der Waals surface area contributed by atoms with E-state index in [1.165, 1.54) is 10.5 Å². The second-order valence-corrected chi connectivity index (χ2v) is 9.23. The fourth-order valence-corrected chi connectivity index (χ4v) is 4.84. The Morgan fingerprint density at radius 1 is 1.03 bits per heavy atom. The van der Waals surface area contributed by atoms with Gasteiger partial charge in [-0.15, -0.1) is 0 Å². The van der Waals surface area contributed by atoms with Crippen LogP contribution in [-0.4, -0.2) is 72.5 Å². The van der Waals surface area contributed by atoms with E-state index >= 15 is 0 Å². The molecule has 1 amide bonds. The molecule has 5 rings (SSSR count). The van der Waals surface area contributed by atoms with Crippen molar-refractivity contribution in [3.05, 3.63) is 89.5 Å². The number of rotatable bonds is 4. The van der Waals surface area contributed by atoms with Gasteiger partial charge in [-0.2, -0.15) is 0 Å². The third-order valence-corrected chi connectivity index (χ3v) is 6.98. The fraction of sp³-hybridized carbons (Fsp3) is 0.250. The van der Waals surface area contributed by atoms with Crippen LogP contribution in [0.3, 0.4) is 0 Å². The van der Waals surface area contributed by atoms with E-state index in [0.29, 0.717) is 41.3 Å². The molecular weight excluding hydrogens is 468 g/mol. The quantitative estimate of drug-likeness (QED) is 0.324. The van der Waals surface area contributed by atoms with Gasteiger partial charge in [0.2, 0.25) is 0 Å². The van der Waals surface area contributed by atoms with Crippen LogP contribution in [0.15, 0.2) is 72.8 Å². The van der Waals surface area contributed by atoms with Gasteiger partial charge >= 0.3 is 0 Å². The maximum Gasteiger partial charge on any atom is 0.254 e. The van der Waals surface area contributed by atoms with Crippen molar-refractivity contribution >= 4 is 29.0 Å². The molecule has 2 unspecified atom stereocenters. The smallest absolute Gasteiger partial charge is 0.254 e. The number of fused-ring (bicyclic) bond motifs is 1. The molecule has 3 aromatic carbocycles. The number of hydrogen-bond acceptors (Lipinski definition) is 7. The van der Waals surface area contributed by atoms with Gasteiger partial charge in [0.1, 0.15) is 11.6 Å². The highest BCUT2D eigenvalue weighted by molar-refractivity contribution is 6.27. The van der Waals surface area contributed by atoms with E-state index in [-0.39, 0.29) is 23.6 Å². The SMILES string of the molecule is COc1ccc(C(=N)N2C(=N)C(O)Nc3cc(C(=O)N4CCN(C)C(c5ccccc5)C4)ccc32)cc1. The normalized spacial score (nSPS) is 19.7. The molecule has 1 saturated heterocycles. The van der Waals surface area contributed by atoms with E-state index in [2.05, 4.69) is 29.4 Å². The number of nitrogens with one attached hydrogen (secondary N) is 3. The molecular formula is C28H30N6O3. The van der Waals surface area contributed by atoms with Crippen LogP contribution in [0.5, 0.6) is 5.75 Å². The van der Waals surface area contributed by atoms with Crippen molar-refractivity contribution in [3.63, 3.8) is 0 Å². The molecule has 0 aliphatic carbocycles. The van der Waals surface area contributed by atoms with Crippen molar-refractivity contribution in [2.24, 2.45) is 0 Å². The molecule has 0 saturated carbocycles. The Morgan fingerprint density at radius 3 is 2.43 bits per heavy atom. The van der Waals surface area contributed by atoms with Gasteiger partial charge in [0, 0.05) is 30.8 Å². The number of piperazine rings is 1. The number of nitrogens with zero attached hydrogens (tertiary/aromatic N) is 3. The maximum absolute atomic E-state index is 13.5. The van der Waals surface area contributed by atoms with Crippen molar-refractivity contribution in [1.82, 2.24) is 9.80 Å². The molecule has 2 aliphatic heterocycles. The summed E-state index contributed by atoms with van der Waals surface area (Å²) in [5, 5.41) is 30.6. The van der Waals surface area contributed by atoms with Gasteiger partial charge in [0.25, 0.3) is 5.91 Å². The minimum absolute atomic E-state index is 0.0401. The van der Waals surface area contributed by atoms with Crippen LogP contribution in [0.25, 0.3) is 0 Å². The summed E-state index contributed by atoms with van der Waals surface area (Å²) in [4.78, 5) is 19.0. The van der Waals surface area contributed by atoms with Crippen LogP contribution in [0, 0.1) is 10.8 Å². The molecule has 0 spiro atoms. The summed E-state index contributed by atoms with van der Waals surface area (Å²) < 4.78 is 5.20. The highest BCUT2D eigenvalue weighted by Gasteiger charge is 2.33. The lowest BCUT2D eigenvalue weighted by atomic mass is 10.0. The van der Waals surface area contributed by atoms with E-state index in [1.807, 2.05) is 23.1 Å². The standard InChI is InChI=1S/C28H30N6O3/c1-32-14-15-33(17-24(32)18-6-4-3-5-7-18)28(36)20-10-13-23-22(16-20)31-27(35)26(30)34(23)25(29)19-8-11-21(37-2)12-9-19/h3-13,16,24,27,29-31,35H,14-15,17H2,1-2H3.